The van der Waals surface area contributed by atoms with Gasteiger partial charge in [-0.3, -0.25) is 9.59 Å². The van der Waals surface area contributed by atoms with Crippen molar-refractivity contribution in [3.05, 3.63) is 53.6 Å². The molecule has 1 heterocycles. The van der Waals surface area contributed by atoms with E-state index in [2.05, 4.69) is 10.6 Å². The Balaban J connectivity index is 1.85. The zero-order chi connectivity index (χ0) is 18.9. The van der Waals surface area contributed by atoms with Crippen molar-refractivity contribution in [1.29, 1.82) is 0 Å². The number of rotatable bonds is 4. The predicted molar refractivity (Wildman–Crippen MR) is 99.8 cm³/mol. The Morgan fingerprint density at radius 1 is 1.15 bits per heavy atom. The Labute approximate surface area is 152 Å². The van der Waals surface area contributed by atoms with Crippen molar-refractivity contribution in [1.82, 2.24) is 0 Å². The number of hydrogen-bond donors (Lipinski definition) is 2. The molecule has 2 aromatic rings. The van der Waals surface area contributed by atoms with Gasteiger partial charge in [0, 0.05) is 5.69 Å². The molecule has 0 bridgehead atoms. The lowest BCUT2D eigenvalue weighted by atomic mass is 10.1. The molecule has 0 saturated heterocycles. The minimum absolute atomic E-state index is 0.0440. The van der Waals surface area contributed by atoms with Crippen molar-refractivity contribution in [3.63, 3.8) is 0 Å². The first-order valence-electron chi connectivity index (χ1n) is 8.36. The lowest BCUT2D eigenvalue weighted by Crippen LogP contribution is -2.42. The Morgan fingerprint density at radius 3 is 2.62 bits per heavy atom. The van der Waals surface area contributed by atoms with E-state index in [1.165, 1.54) is 12.1 Å². The van der Waals surface area contributed by atoms with Crippen molar-refractivity contribution in [2.75, 3.05) is 10.6 Å². The summed E-state index contributed by atoms with van der Waals surface area (Å²) in [7, 11) is -3.92. The summed E-state index contributed by atoms with van der Waals surface area (Å²) in [6.45, 7) is 3.84. The molecule has 0 fully saturated rings. The highest BCUT2D eigenvalue weighted by atomic mass is 32.2. The molecule has 1 aliphatic heterocycles. The number of para-hydroxylation sites is 2. The van der Waals surface area contributed by atoms with E-state index >= 15 is 0 Å². The maximum Gasteiger partial charge on any atom is 0.243 e. The fourth-order valence-corrected chi connectivity index (χ4v) is 4.80. The normalized spacial score (nSPS) is 17.9. The maximum absolute atomic E-state index is 12.8. The highest BCUT2D eigenvalue weighted by molar-refractivity contribution is 7.93. The lowest BCUT2D eigenvalue weighted by Gasteiger charge is -2.24. The second kappa shape index (κ2) is 6.92. The average molecular weight is 372 g/mol. The second-order valence-electron chi connectivity index (χ2n) is 6.23. The number of nitrogens with one attached hydrogen (secondary N) is 2. The number of hydrogen-bond acceptors (Lipinski definition) is 4. The van der Waals surface area contributed by atoms with E-state index in [0.717, 1.165) is 17.5 Å². The number of amides is 2. The van der Waals surface area contributed by atoms with Crippen LogP contribution in [0.4, 0.5) is 11.4 Å². The number of carbonyl (C=O) groups excluding carboxylic acids is 2. The van der Waals surface area contributed by atoms with Crippen molar-refractivity contribution in [2.24, 2.45) is 0 Å². The fourth-order valence-electron chi connectivity index (χ4n) is 3.09. The Hall–Kier alpha value is -2.67. The van der Waals surface area contributed by atoms with Gasteiger partial charge in [-0.2, -0.15) is 0 Å². The zero-order valence-corrected chi connectivity index (χ0v) is 15.4. The first-order valence-corrected chi connectivity index (χ1v) is 9.91. The Kier molecular flexibility index (Phi) is 4.82. The van der Waals surface area contributed by atoms with Gasteiger partial charge in [-0.25, -0.2) is 8.42 Å². The van der Waals surface area contributed by atoms with Crippen molar-refractivity contribution in [3.8, 4) is 0 Å². The van der Waals surface area contributed by atoms with Crippen LogP contribution < -0.4 is 10.6 Å². The number of fused-ring (bicyclic) bond motifs is 1. The number of anilines is 2. The molecule has 0 aliphatic carbocycles. The Morgan fingerprint density at radius 2 is 1.88 bits per heavy atom. The Bertz CT molecular complexity index is 983. The van der Waals surface area contributed by atoms with Crippen LogP contribution in [0.2, 0.25) is 0 Å². The van der Waals surface area contributed by atoms with Crippen LogP contribution in [0.1, 0.15) is 24.5 Å². The quantitative estimate of drug-likeness (QED) is 0.863. The zero-order valence-electron chi connectivity index (χ0n) is 14.6. The smallest absolute Gasteiger partial charge is 0.243 e. The fraction of sp³-hybridized carbons (Fsp3) is 0.263. The van der Waals surface area contributed by atoms with Crippen LogP contribution in [-0.2, 0) is 25.8 Å². The molecule has 1 aliphatic rings. The van der Waals surface area contributed by atoms with Gasteiger partial charge in [0.25, 0.3) is 0 Å². The van der Waals surface area contributed by atoms with Crippen LogP contribution in [0, 0.1) is 6.92 Å². The number of aryl methyl sites for hydroxylation is 2. The number of carbonyl (C=O) groups is 2. The minimum atomic E-state index is -3.92. The molecular formula is C19H20N2O4S. The molecule has 2 aromatic carbocycles. The van der Waals surface area contributed by atoms with E-state index < -0.39 is 33.3 Å². The summed E-state index contributed by atoms with van der Waals surface area (Å²) < 4.78 is 25.5. The van der Waals surface area contributed by atoms with Crippen LogP contribution >= 0.6 is 0 Å². The second-order valence-corrected chi connectivity index (χ2v) is 8.33. The molecular weight excluding hydrogens is 352 g/mol. The molecule has 0 saturated carbocycles. The first-order chi connectivity index (χ1) is 12.3. The summed E-state index contributed by atoms with van der Waals surface area (Å²) in [5.41, 5.74) is 2.77. The monoisotopic (exact) mass is 372 g/mol. The lowest BCUT2D eigenvalue weighted by molar-refractivity contribution is -0.121. The summed E-state index contributed by atoms with van der Waals surface area (Å²) in [4.78, 5) is 24.8. The highest BCUT2D eigenvalue weighted by Crippen LogP contribution is 2.31. The van der Waals surface area contributed by atoms with Gasteiger partial charge in [0.1, 0.15) is 0 Å². The molecule has 1 atom stereocenters. The van der Waals surface area contributed by atoms with Gasteiger partial charge in [0.2, 0.25) is 11.8 Å². The summed E-state index contributed by atoms with van der Waals surface area (Å²) in [6, 6.07) is 11.9. The van der Waals surface area contributed by atoms with Gasteiger partial charge in [-0.15, -0.1) is 0 Å². The van der Waals surface area contributed by atoms with Crippen molar-refractivity contribution < 1.29 is 18.0 Å². The topological polar surface area (TPSA) is 92.3 Å². The average Bonchev–Trinajstić information content (AvgIpc) is 2.60. The first kappa shape index (κ1) is 18.1. The molecule has 136 valence electrons. The van der Waals surface area contributed by atoms with E-state index in [0.29, 0.717) is 5.69 Å². The molecule has 0 spiro atoms. The van der Waals surface area contributed by atoms with E-state index in [4.69, 9.17) is 0 Å². The highest BCUT2D eigenvalue weighted by Gasteiger charge is 2.41. The molecule has 26 heavy (non-hydrogen) atoms. The van der Waals surface area contributed by atoms with Gasteiger partial charge < -0.3 is 10.6 Å². The van der Waals surface area contributed by atoms with Crippen LogP contribution in [0.25, 0.3) is 0 Å². The van der Waals surface area contributed by atoms with E-state index in [-0.39, 0.29) is 10.6 Å². The summed E-state index contributed by atoms with van der Waals surface area (Å²) in [6.07, 6.45) is 0.298. The molecule has 1 unspecified atom stereocenters. The number of sulfone groups is 1. The molecule has 0 aromatic heterocycles. The van der Waals surface area contributed by atoms with Crippen LogP contribution in [0.5, 0.6) is 0 Å². The number of benzene rings is 2. The molecule has 3 rings (SSSR count). The minimum Gasteiger partial charge on any atom is -0.326 e. The molecule has 0 radical (unpaired) electrons. The van der Waals surface area contributed by atoms with E-state index in [1.807, 2.05) is 32.0 Å². The SMILES string of the molecule is CCc1cccc(C)c1NC(=O)CC1C(=O)Nc2ccccc2S1(=O)=O. The third kappa shape index (κ3) is 3.22. The van der Waals surface area contributed by atoms with Gasteiger partial charge >= 0.3 is 0 Å². The largest absolute Gasteiger partial charge is 0.326 e. The van der Waals surface area contributed by atoms with Crippen molar-refractivity contribution in [2.45, 2.75) is 36.8 Å². The maximum atomic E-state index is 12.8. The van der Waals surface area contributed by atoms with Crippen molar-refractivity contribution >= 4 is 33.0 Å². The summed E-state index contributed by atoms with van der Waals surface area (Å²) >= 11 is 0. The van der Waals surface area contributed by atoms with E-state index in [1.54, 1.807) is 12.1 Å². The molecule has 2 N–H and O–H groups in total. The van der Waals surface area contributed by atoms with Gasteiger partial charge in [0.15, 0.2) is 15.1 Å². The molecule has 2 amide bonds. The van der Waals surface area contributed by atoms with Gasteiger partial charge in [-0.05, 0) is 36.6 Å². The molecule has 6 nitrogen and oxygen atoms in total. The van der Waals surface area contributed by atoms with E-state index in [9.17, 15) is 18.0 Å². The van der Waals surface area contributed by atoms with Gasteiger partial charge in [-0.1, -0.05) is 37.3 Å². The van der Waals surface area contributed by atoms with Crippen LogP contribution in [-0.4, -0.2) is 25.5 Å². The third-order valence-electron chi connectivity index (χ3n) is 4.49. The predicted octanol–water partition coefficient (Wildman–Crippen LogP) is 2.68. The van der Waals surface area contributed by atoms with Gasteiger partial charge in [0.05, 0.1) is 17.0 Å². The standard InChI is InChI=1S/C19H20N2O4S/c1-3-13-8-6-7-12(2)18(13)21-17(22)11-16-19(23)20-14-9-4-5-10-15(14)26(16,24)25/h4-10,16H,3,11H2,1-2H3,(H,20,23)(H,21,22). The van der Waals surface area contributed by atoms with Crippen LogP contribution in [0.3, 0.4) is 0 Å². The third-order valence-corrected chi connectivity index (χ3v) is 6.59. The summed E-state index contributed by atoms with van der Waals surface area (Å²) in [5, 5.41) is 3.91. The summed E-state index contributed by atoms with van der Waals surface area (Å²) in [5.74, 6) is -1.18. The van der Waals surface area contributed by atoms with Crippen LogP contribution in [0.15, 0.2) is 47.4 Å². The molecule has 7 heteroatoms.